The predicted octanol–water partition coefficient (Wildman–Crippen LogP) is 2.86. The van der Waals surface area contributed by atoms with Gasteiger partial charge >= 0.3 is 0 Å². The summed E-state index contributed by atoms with van der Waals surface area (Å²) in [5.74, 6) is 0.0542. The Kier molecular flexibility index (Phi) is 4.95. The van der Waals surface area contributed by atoms with Crippen LogP contribution in [0.2, 0.25) is 0 Å². The Hall–Kier alpha value is -1.14. The van der Waals surface area contributed by atoms with Crippen LogP contribution in [-0.2, 0) is 4.79 Å². The fourth-order valence-electron chi connectivity index (χ4n) is 1.53. The molecule has 2 heterocycles. The van der Waals surface area contributed by atoms with E-state index in [4.69, 9.17) is 0 Å². The predicted molar refractivity (Wildman–Crippen MR) is 78.4 cm³/mol. The number of thioether (sulfide) groups is 1. The highest BCUT2D eigenvalue weighted by atomic mass is 32.2. The van der Waals surface area contributed by atoms with E-state index in [-0.39, 0.29) is 11.2 Å². The van der Waals surface area contributed by atoms with Crippen LogP contribution >= 0.6 is 23.1 Å². The number of amides is 1. The molecular formula is C12H15N3OS2. The van der Waals surface area contributed by atoms with E-state index in [0.29, 0.717) is 5.17 Å². The Morgan fingerprint density at radius 1 is 1.56 bits per heavy atom. The van der Waals surface area contributed by atoms with E-state index in [1.165, 1.54) is 11.8 Å². The SMILES string of the molecule is CCCC[C@@H]1SC(=NN=Cc2cccs2)NC1=O. The van der Waals surface area contributed by atoms with Gasteiger partial charge in [0.1, 0.15) is 0 Å². The van der Waals surface area contributed by atoms with Gasteiger partial charge in [0.05, 0.1) is 11.5 Å². The molecule has 0 radical (unpaired) electrons. The van der Waals surface area contributed by atoms with Gasteiger partial charge in [0.2, 0.25) is 5.91 Å². The van der Waals surface area contributed by atoms with Crippen molar-refractivity contribution in [3.63, 3.8) is 0 Å². The molecule has 0 spiro atoms. The van der Waals surface area contributed by atoms with Crippen molar-refractivity contribution in [3.8, 4) is 0 Å². The monoisotopic (exact) mass is 281 g/mol. The van der Waals surface area contributed by atoms with Crippen LogP contribution < -0.4 is 5.32 Å². The van der Waals surface area contributed by atoms with Crippen molar-refractivity contribution >= 4 is 40.4 Å². The fraction of sp³-hybridized carbons (Fsp3) is 0.417. The van der Waals surface area contributed by atoms with E-state index >= 15 is 0 Å². The molecule has 4 nitrogen and oxygen atoms in total. The van der Waals surface area contributed by atoms with Crippen LogP contribution in [0.25, 0.3) is 0 Å². The number of unbranched alkanes of at least 4 members (excludes halogenated alkanes) is 1. The molecule has 2 rings (SSSR count). The molecule has 1 atom stereocenters. The first-order chi connectivity index (χ1) is 8.79. The lowest BCUT2D eigenvalue weighted by atomic mass is 10.2. The summed E-state index contributed by atoms with van der Waals surface area (Å²) in [5.41, 5.74) is 0. The van der Waals surface area contributed by atoms with Gasteiger partial charge in [0.15, 0.2) is 5.17 Å². The third kappa shape index (κ3) is 3.68. The summed E-state index contributed by atoms with van der Waals surface area (Å²) in [6, 6.07) is 3.94. The molecule has 1 aliphatic rings. The van der Waals surface area contributed by atoms with Crippen LogP contribution in [0.4, 0.5) is 0 Å². The highest BCUT2D eigenvalue weighted by Gasteiger charge is 2.29. The molecule has 0 aliphatic carbocycles. The molecule has 0 aromatic carbocycles. The third-order valence-corrected chi connectivity index (χ3v) is 4.42. The minimum Gasteiger partial charge on any atom is -0.303 e. The lowest BCUT2D eigenvalue weighted by molar-refractivity contribution is -0.118. The van der Waals surface area contributed by atoms with Crippen LogP contribution in [0, 0.1) is 0 Å². The summed E-state index contributed by atoms with van der Waals surface area (Å²) < 4.78 is 0. The maximum atomic E-state index is 11.6. The highest BCUT2D eigenvalue weighted by molar-refractivity contribution is 8.15. The second-order valence-corrected chi connectivity index (χ2v) is 6.07. The van der Waals surface area contributed by atoms with E-state index in [9.17, 15) is 4.79 Å². The second kappa shape index (κ2) is 6.70. The molecule has 1 N–H and O–H groups in total. The summed E-state index contributed by atoms with van der Waals surface area (Å²) in [4.78, 5) is 12.7. The van der Waals surface area contributed by atoms with Crippen molar-refractivity contribution in [1.29, 1.82) is 0 Å². The first kappa shape index (κ1) is 13.3. The van der Waals surface area contributed by atoms with E-state index < -0.39 is 0 Å². The van der Waals surface area contributed by atoms with Crippen LogP contribution in [0.15, 0.2) is 27.7 Å². The summed E-state index contributed by atoms with van der Waals surface area (Å²) in [6.07, 6.45) is 4.77. The maximum absolute atomic E-state index is 11.6. The number of nitrogens with zero attached hydrogens (tertiary/aromatic N) is 2. The zero-order valence-electron chi connectivity index (χ0n) is 10.1. The highest BCUT2D eigenvalue weighted by Crippen LogP contribution is 2.24. The zero-order valence-corrected chi connectivity index (χ0v) is 11.8. The molecule has 0 saturated carbocycles. The molecule has 6 heteroatoms. The molecule has 1 aromatic rings. The minimum atomic E-state index is 0.000591. The molecule has 1 aliphatic heterocycles. The van der Waals surface area contributed by atoms with Crippen molar-refractivity contribution in [2.75, 3.05) is 0 Å². The normalized spacial score (nSPS) is 21.9. The van der Waals surface area contributed by atoms with E-state index in [0.717, 1.165) is 24.1 Å². The third-order valence-electron chi connectivity index (χ3n) is 2.47. The number of nitrogens with one attached hydrogen (secondary N) is 1. The number of hydrogen-bond donors (Lipinski definition) is 1. The summed E-state index contributed by atoms with van der Waals surface area (Å²) >= 11 is 3.08. The molecule has 0 unspecified atom stereocenters. The number of rotatable bonds is 5. The molecule has 1 saturated heterocycles. The van der Waals surface area contributed by atoms with Crippen LogP contribution in [0.5, 0.6) is 0 Å². The Labute approximate surface area is 115 Å². The van der Waals surface area contributed by atoms with Gasteiger partial charge in [0.25, 0.3) is 0 Å². The summed E-state index contributed by atoms with van der Waals surface area (Å²) in [5, 5.41) is 13.4. The first-order valence-electron chi connectivity index (χ1n) is 5.91. The van der Waals surface area contributed by atoms with Crippen LogP contribution in [0.3, 0.4) is 0 Å². The lowest BCUT2D eigenvalue weighted by Crippen LogP contribution is -2.24. The van der Waals surface area contributed by atoms with E-state index in [1.54, 1.807) is 17.6 Å². The van der Waals surface area contributed by atoms with Gasteiger partial charge in [-0.25, -0.2) is 0 Å². The van der Waals surface area contributed by atoms with Gasteiger partial charge in [-0.2, -0.15) is 5.10 Å². The molecular weight excluding hydrogens is 266 g/mol. The Balaban J connectivity index is 1.89. The van der Waals surface area contributed by atoms with Crippen LogP contribution in [-0.4, -0.2) is 22.5 Å². The number of amidine groups is 1. The molecule has 0 bridgehead atoms. The summed E-state index contributed by atoms with van der Waals surface area (Å²) in [6.45, 7) is 2.12. The lowest BCUT2D eigenvalue weighted by Gasteiger charge is -2.01. The Morgan fingerprint density at radius 3 is 3.17 bits per heavy atom. The van der Waals surface area contributed by atoms with Gasteiger partial charge in [-0.15, -0.1) is 16.4 Å². The fourth-order valence-corrected chi connectivity index (χ4v) is 3.09. The van der Waals surface area contributed by atoms with Crippen molar-refractivity contribution in [2.24, 2.45) is 10.2 Å². The van der Waals surface area contributed by atoms with Gasteiger partial charge < -0.3 is 5.32 Å². The maximum Gasteiger partial charge on any atom is 0.239 e. The molecule has 96 valence electrons. The average Bonchev–Trinajstić information content (AvgIpc) is 2.97. The molecule has 1 amide bonds. The smallest absolute Gasteiger partial charge is 0.239 e. The van der Waals surface area contributed by atoms with Crippen molar-refractivity contribution in [3.05, 3.63) is 22.4 Å². The first-order valence-corrected chi connectivity index (χ1v) is 7.67. The topological polar surface area (TPSA) is 53.8 Å². The van der Waals surface area contributed by atoms with Crippen molar-refractivity contribution in [2.45, 2.75) is 31.4 Å². The minimum absolute atomic E-state index is 0.000591. The Morgan fingerprint density at radius 2 is 2.44 bits per heavy atom. The number of hydrogen-bond acceptors (Lipinski definition) is 5. The zero-order chi connectivity index (χ0) is 12.8. The van der Waals surface area contributed by atoms with Crippen molar-refractivity contribution in [1.82, 2.24) is 5.32 Å². The molecule has 1 fully saturated rings. The van der Waals surface area contributed by atoms with E-state index in [2.05, 4.69) is 22.4 Å². The van der Waals surface area contributed by atoms with Gasteiger partial charge in [-0.05, 0) is 17.9 Å². The quantitative estimate of drug-likeness (QED) is 0.666. The number of thiophene rings is 1. The number of carbonyl (C=O) groups excluding carboxylic acids is 1. The van der Waals surface area contributed by atoms with Gasteiger partial charge in [-0.1, -0.05) is 37.6 Å². The van der Waals surface area contributed by atoms with Gasteiger partial charge in [0, 0.05) is 4.88 Å². The van der Waals surface area contributed by atoms with Crippen molar-refractivity contribution < 1.29 is 4.79 Å². The second-order valence-electron chi connectivity index (χ2n) is 3.90. The number of carbonyl (C=O) groups is 1. The van der Waals surface area contributed by atoms with E-state index in [1.807, 2.05) is 17.5 Å². The molecule has 1 aromatic heterocycles. The molecule has 18 heavy (non-hydrogen) atoms. The average molecular weight is 281 g/mol. The largest absolute Gasteiger partial charge is 0.303 e. The van der Waals surface area contributed by atoms with Crippen LogP contribution in [0.1, 0.15) is 31.1 Å². The summed E-state index contributed by atoms with van der Waals surface area (Å²) in [7, 11) is 0. The Bertz CT molecular complexity index is 454. The standard InChI is InChI=1S/C12H15N3OS2/c1-2-3-6-10-11(16)14-12(18-10)15-13-8-9-5-4-7-17-9/h4-5,7-8,10H,2-3,6H2,1H3,(H,14,15,16)/t10-/m0/s1. The van der Waals surface area contributed by atoms with Gasteiger partial charge in [-0.3, -0.25) is 4.79 Å².